The molecule has 1 saturated heterocycles. The largest absolute Gasteiger partial charge is 0.379 e. The lowest BCUT2D eigenvalue weighted by Gasteiger charge is -2.35. The quantitative estimate of drug-likeness (QED) is 0.846. The first-order chi connectivity index (χ1) is 12.6. The number of ether oxygens (including phenoxy) is 1. The van der Waals surface area contributed by atoms with E-state index in [0.717, 1.165) is 34.9 Å². The summed E-state index contributed by atoms with van der Waals surface area (Å²) in [6.45, 7) is 5.50. The van der Waals surface area contributed by atoms with E-state index in [0.29, 0.717) is 26.2 Å². The number of carbonyl (C=O) groups excluding carboxylic acids is 1. The van der Waals surface area contributed by atoms with Gasteiger partial charge in [0.2, 0.25) is 5.91 Å². The number of aromatic nitrogens is 1. The van der Waals surface area contributed by atoms with Crippen LogP contribution in [-0.2, 0) is 16.0 Å². The average Bonchev–Trinajstić information content (AvgIpc) is 2.66. The van der Waals surface area contributed by atoms with Gasteiger partial charge in [-0.25, -0.2) is 0 Å². The topological polar surface area (TPSA) is 54.5 Å². The van der Waals surface area contributed by atoms with Gasteiger partial charge in [0, 0.05) is 36.5 Å². The molecule has 2 aromatic rings. The van der Waals surface area contributed by atoms with Crippen molar-refractivity contribution in [2.45, 2.75) is 19.4 Å². The van der Waals surface area contributed by atoms with Gasteiger partial charge in [-0.3, -0.25) is 14.7 Å². The molecule has 5 nitrogen and oxygen atoms in total. The highest BCUT2D eigenvalue weighted by molar-refractivity contribution is 6.31. The first kappa shape index (κ1) is 18.8. The molecule has 6 heteroatoms. The molecule has 1 aliphatic rings. The molecule has 1 atom stereocenters. The van der Waals surface area contributed by atoms with Gasteiger partial charge in [0.25, 0.3) is 0 Å². The second-order valence-electron chi connectivity index (χ2n) is 6.47. The van der Waals surface area contributed by atoms with Crippen LogP contribution in [0.1, 0.15) is 22.9 Å². The Morgan fingerprint density at radius 3 is 2.73 bits per heavy atom. The number of morpholine rings is 1. The molecular formula is C20H24ClN3O2. The average molecular weight is 374 g/mol. The van der Waals surface area contributed by atoms with E-state index in [9.17, 15) is 4.79 Å². The normalized spacial score (nSPS) is 16.2. The number of nitrogens with zero attached hydrogens (tertiary/aromatic N) is 2. The van der Waals surface area contributed by atoms with Crippen molar-refractivity contribution in [3.63, 3.8) is 0 Å². The molecule has 0 saturated carbocycles. The highest BCUT2D eigenvalue weighted by Gasteiger charge is 2.24. The molecular weight excluding hydrogens is 350 g/mol. The number of nitrogens with one attached hydrogen (secondary N) is 1. The maximum atomic E-state index is 12.4. The molecule has 1 aliphatic heterocycles. The Morgan fingerprint density at radius 2 is 2.04 bits per heavy atom. The predicted octanol–water partition coefficient (Wildman–Crippen LogP) is 2.78. The van der Waals surface area contributed by atoms with E-state index in [1.54, 1.807) is 6.20 Å². The van der Waals surface area contributed by atoms with Crippen LogP contribution in [0.2, 0.25) is 5.02 Å². The minimum atomic E-state index is -0.0130. The van der Waals surface area contributed by atoms with Crippen LogP contribution in [0.25, 0.3) is 0 Å². The zero-order valence-corrected chi connectivity index (χ0v) is 15.7. The minimum absolute atomic E-state index is 0.0130. The predicted molar refractivity (Wildman–Crippen MR) is 102 cm³/mol. The van der Waals surface area contributed by atoms with Crippen LogP contribution in [0.15, 0.2) is 42.6 Å². The van der Waals surface area contributed by atoms with Crippen molar-refractivity contribution in [3.05, 3.63) is 64.4 Å². The minimum Gasteiger partial charge on any atom is -0.379 e. The molecule has 1 amide bonds. The highest BCUT2D eigenvalue weighted by Crippen LogP contribution is 2.27. The molecule has 26 heavy (non-hydrogen) atoms. The van der Waals surface area contributed by atoms with E-state index in [1.165, 1.54) is 0 Å². The number of hydrogen-bond acceptors (Lipinski definition) is 4. The third-order valence-corrected chi connectivity index (χ3v) is 4.92. The van der Waals surface area contributed by atoms with Gasteiger partial charge in [0.15, 0.2) is 0 Å². The van der Waals surface area contributed by atoms with Crippen molar-refractivity contribution in [2.75, 3.05) is 32.8 Å². The highest BCUT2D eigenvalue weighted by atomic mass is 35.5. The summed E-state index contributed by atoms with van der Waals surface area (Å²) in [5, 5.41) is 3.78. The van der Waals surface area contributed by atoms with Gasteiger partial charge in [0.1, 0.15) is 0 Å². The summed E-state index contributed by atoms with van der Waals surface area (Å²) in [4.78, 5) is 18.9. The lowest BCUT2D eigenvalue weighted by atomic mass is 10.0. The van der Waals surface area contributed by atoms with Crippen molar-refractivity contribution in [3.8, 4) is 0 Å². The van der Waals surface area contributed by atoms with Crippen LogP contribution in [-0.4, -0.2) is 48.6 Å². The third-order valence-electron chi connectivity index (χ3n) is 4.58. The molecule has 138 valence electrons. The van der Waals surface area contributed by atoms with Crippen molar-refractivity contribution in [1.29, 1.82) is 0 Å². The molecule has 0 radical (unpaired) electrons. The van der Waals surface area contributed by atoms with Gasteiger partial charge in [-0.2, -0.15) is 0 Å². The SMILES string of the molecule is Cc1ccc(CC(=O)NCC(c2ccccc2Cl)N2CCOCC2)cn1. The number of carbonyl (C=O) groups is 1. The van der Waals surface area contributed by atoms with Gasteiger partial charge in [-0.05, 0) is 30.2 Å². The summed E-state index contributed by atoms with van der Waals surface area (Å²) in [7, 11) is 0. The number of benzene rings is 1. The number of hydrogen-bond donors (Lipinski definition) is 1. The van der Waals surface area contributed by atoms with E-state index >= 15 is 0 Å². The molecule has 3 rings (SSSR count). The Kier molecular flexibility index (Phi) is 6.61. The first-order valence-electron chi connectivity index (χ1n) is 8.88. The van der Waals surface area contributed by atoms with Crippen molar-refractivity contribution in [1.82, 2.24) is 15.2 Å². The summed E-state index contributed by atoms with van der Waals surface area (Å²) in [6.07, 6.45) is 2.08. The fourth-order valence-corrected chi connectivity index (χ4v) is 3.39. The van der Waals surface area contributed by atoms with Crippen LogP contribution in [0, 0.1) is 6.92 Å². The Balaban J connectivity index is 1.66. The zero-order chi connectivity index (χ0) is 18.4. The van der Waals surface area contributed by atoms with E-state index in [1.807, 2.05) is 43.3 Å². The van der Waals surface area contributed by atoms with Gasteiger partial charge in [0.05, 0.1) is 25.7 Å². The second-order valence-corrected chi connectivity index (χ2v) is 6.88. The molecule has 1 unspecified atom stereocenters. The number of aryl methyl sites for hydroxylation is 1. The lowest BCUT2D eigenvalue weighted by Crippen LogP contribution is -2.44. The monoisotopic (exact) mass is 373 g/mol. The Hall–Kier alpha value is -1.95. The molecule has 1 aromatic heterocycles. The standard InChI is InChI=1S/C20H24ClN3O2/c1-15-6-7-16(13-22-15)12-20(25)23-14-19(24-8-10-26-11-9-24)17-4-2-3-5-18(17)21/h2-7,13,19H,8-12,14H2,1H3,(H,23,25). The summed E-state index contributed by atoms with van der Waals surface area (Å²) in [5.41, 5.74) is 2.89. The lowest BCUT2D eigenvalue weighted by molar-refractivity contribution is -0.120. The fourth-order valence-electron chi connectivity index (χ4n) is 3.13. The summed E-state index contributed by atoms with van der Waals surface area (Å²) in [6, 6.07) is 11.7. The van der Waals surface area contributed by atoms with Crippen LogP contribution < -0.4 is 5.32 Å². The molecule has 0 spiro atoms. The number of rotatable bonds is 6. The van der Waals surface area contributed by atoms with Crippen LogP contribution in [0.4, 0.5) is 0 Å². The van der Waals surface area contributed by atoms with Crippen LogP contribution in [0.3, 0.4) is 0 Å². The van der Waals surface area contributed by atoms with Gasteiger partial charge < -0.3 is 10.1 Å². The molecule has 0 bridgehead atoms. The number of pyridine rings is 1. The number of amides is 1. The molecule has 1 aromatic carbocycles. The van der Waals surface area contributed by atoms with Gasteiger partial charge in [-0.15, -0.1) is 0 Å². The smallest absolute Gasteiger partial charge is 0.224 e. The Bertz CT molecular complexity index is 730. The maximum absolute atomic E-state index is 12.4. The summed E-state index contributed by atoms with van der Waals surface area (Å²) < 4.78 is 5.46. The van der Waals surface area contributed by atoms with Gasteiger partial charge >= 0.3 is 0 Å². The van der Waals surface area contributed by atoms with Crippen molar-refractivity contribution >= 4 is 17.5 Å². The van der Waals surface area contributed by atoms with E-state index in [4.69, 9.17) is 16.3 Å². The second kappa shape index (κ2) is 9.12. The molecule has 0 aliphatic carbocycles. The van der Waals surface area contributed by atoms with E-state index < -0.39 is 0 Å². The first-order valence-corrected chi connectivity index (χ1v) is 9.26. The van der Waals surface area contributed by atoms with Crippen LogP contribution in [0.5, 0.6) is 0 Å². The van der Waals surface area contributed by atoms with Crippen LogP contribution >= 0.6 is 11.6 Å². The summed E-state index contributed by atoms with van der Waals surface area (Å²) >= 11 is 6.42. The van der Waals surface area contributed by atoms with E-state index in [2.05, 4.69) is 15.2 Å². The van der Waals surface area contributed by atoms with E-state index in [-0.39, 0.29) is 11.9 Å². The van der Waals surface area contributed by atoms with Crippen molar-refractivity contribution in [2.24, 2.45) is 0 Å². The number of halogens is 1. The maximum Gasteiger partial charge on any atom is 0.224 e. The molecule has 1 fully saturated rings. The Morgan fingerprint density at radius 1 is 1.27 bits per heavy atom. The Labute approximate surface area is 159 Å². The zero-order valence-electron chi connectivity index (χ0n) is 15.0. The third kappa shape index (κ3) is 5.04. The molecule has 1 N–H and O–H groups in total. The van der Waals surface area contributed by atoms with Gasteiger partial charge in [-0.1, -0.05) is 35.9 Å². The summed E-state index contributed by atoms with van der Waals surface area (Å²) in [5.74, 6) is -0.0130. The fraction of sp³-hybridized carbons (Fsp3) is 0.400. The van der Waals surface area contributed by atoms with Crippen molar-refractivity contribution < 1.29 is 9.53 Å². The molecule has 2 heterocycles.